The third kappa shape index (κ3) is 0.636. The SMILES string of the molecule is Cc1[c]cc[pH]1. The molecule has 1 aromatic heterocycles. The zero-order chi connectivity index (χ0) is 4.41. The van der Waals surface area contributed by atoms with E-state index in [4.69, 9.17) is 0 Å². The van der Waals surface area contributed by atoms with Crippen LogP contribution in [0, 0.1) is 13.0 Å². The maximum absolute atomic E-state index is 3.07. The van der Waals surface area contributed by atoms with Crippen molar-refractivity contribution in [3.05, 3.63) is 23.2 Å². The van der Waals surface area contributed by atoms with Crippen molar-refractivity contribution >= 4 is 8.19 Å². The molecule has 0 saturated carbocycles. The fraction of sp³-hybridized carbons (Fsp3) is 0.200. The van der Waals surface area contributed by atoms with E-state index in [0.29, 0.717) is 0 Å². The van der Waals surface area contributed by atoms with Crippen molar-refractivity contribution < 1.29 is 0 Å². The van der Waals surface area contributed by atoms with Crippen LogP contribution in [0.5, 0.6) is 0 Å². The van der Waals surface area contributed by atoms with Gasteiger partial charge in [-0.15, -0.1) is 8.19 Å². The van der Waals surface area contributed by atoms with Crippen LogP contribution in [0.4, 0.5) is 0 Å². The largest absolute Gasteiger partial charge is 0.136 e. The summed E-state index contributed by atoms with van der Waals surface area (Å²) in [5.41, 5.74) is 0. The molecular weight excluding hydrogens is 91.0 g/mol. The Morgan fingerprint density at radius 3 is 2.83 bits per heavy atom. The zero-order valence-corrected chi connectivity index (χ0v) is 4.65. The summed E-state index contributed by atoms with van der Waals surface area (Å²) in [7, 11) is 0.907. The molecule has 0 N–H and O–H groups in total. The van der Waals surface area contributed by atoms with Gasteiger partial charge in [0.1, 0.15) is 0 Å². The van der Waals surface area contributed by atoms with Crippen molar-refractivity contribution in [2.75, 3.05) is 0 Å². The zero-order valence-electron chi connectivity index (χ0n) is 3.65. The van der Waals surface area contributed by atoms with E-state index in [1.165, 1.54) is 5.30 Å². The first-order chi connectivity index (χ1) is 2.89. The first-order valence-electron chi connectivity index (χ1n) is 1.91. The summed E-state index contributed by atoms with van der Waals surface area (Å²) in [6.45, 7) is 2.10. The highest BCUT2D eigenvalue weighted by atomic mass is 31.0. The Balaban J connectivity index is 3.05. The van der Waals surface area contributed by atoms with Gasteiger partial charge in [0.25, 0.3) is 0 Å². The highest BCUT2D eigenvalue weighted by molar-refractivity contribution is 7.30. The van der Waals surface area contributed by atoms with Gasteiger partial charge in [-0.25, -0.2) is 0 Å². The van der Waals surface area contributed by atoms with Crippen LogP contribution < -0.4 is 0 Å². The second kappa shape index (κ2) is 1.49. The standard InChI is InChI=1S/C5H6P/c1-5-3-2-4-6-5/h2,4,6H,1H3. The van der Waals surface area contributed by atoms with Gasteiger partial charge in [0.05, 0.1) is 0 Å². The van der Waals surface area contributed by atoms with Gasteiger partial charge in [0.15, 0.2) is 0 Å². The fourth-order valence-corrected chi connectivity index (χ4v) is 0.958. The van der Waals surface area contributed by atoms with E-state index in [-0.39, 0.29) is 0 Å². The van der Waals surface area contributed by atoms with Gasteiger partial charge in [0, 0.05) is 0 Å². The Hall–Kier alpha value is -0.220. The minimum absolute atomic E-state index is 0.907. The van der Waals surface area contributed by atoms with Crippen LogP contribution >= 0.6 is 8.19 Å². The highest BCUT2D eigenvalue weighted by Crippen LogP contribution is 2.09. The highest BCUT2D eigenvalue weighted by Gasteiger charge is 1.74. The summed E-state index contributed by atoms with van der Waals surface area (Å²) in [6, 6.07) is 5.05. The lowest BCUT2D eigenvalue weighted by Crippen LogP contribution is -1.43. The van der Waals surface area contributed by atoms with Crippen molar-refractivity contribution in [2.45, 2.75) is 6.92 Å². The van der Waals surface area contributed by atoms with Crippen molar-refractivity contribution in [3.63, 3.8) is 0 Å². The Morgan fingerprint density at radius 1 is 1.83 bits per heavy atom. The minimum Gasteiger partial charge on any atom is -0.136 e. The Labute approximate surface area is 39.3 Å². The molecule has 6 heavy (non-hydrogen) atoms. The van der Waals surface area contributed by atoms with Crippen molar-refractivity contribution in [1.82, 2.24) is 0 Å². The first kappa shape index (κ1) is 3.95. The van der Waals surface area contributed by atoms with Crippen molar-refractivity contribution in [1.29, 1.82) is 0 Å². The van der Waals surface area contributed by atoms with Crippen LogP contribution in [0.1, 0.15) is 5.30 Å². The molecule has 0 spiro atoms. The smallest absolute Gasteiger partial charge is 0.0109 e. The van der Waals surface area contributed by atoms with E-state index in [1.54, 1.807) is 0 Å². The molecule has 0 aliphatic carbocycles. The van der Waals surface area contributed by atoms with Crippen molar-refractivity contribution in [2.24, 2.45) is 0 Å². The topological polar surface area (TPSA) is 0 Å². The molecule has 1 radical (unpaired) electrons. The molecule has 1 atom stereocenters. The molecule has 0 aromatic carbocycles. The predicted molar refractivity (Wildman–Crippen MR) is 29.5 cm³/mol. The van der Waals surface area contributed by atoms with E-state index in [0.717, 1.165) is 8.19 Å². The third-order valence-corrected chi connectivity index (χ3v) is 1.59. The Bertz CT molecular complexity index is 107. The van der Waals surface area contributed by atoms with Crippen LogP contribution in [-0.4, -0.2) is 0 Å². The molecule has 0 aliphatic heterocycles. The van der Waals surface area contributed by atoms with E-state index in [1.807, 2.05) is 6.07 Å². The lowest BCUT2D eigenvalue weighted by atomic mass is 10.5. The second-order valence-electron chi connectivity index (χ2n) is 1.25. The van der Waals surface area contributed by atoms with E-state index < -0.39 is 0 Å². The number of hydrogen-bond donors (Lipinski definition) is 0. The lowest BCUT2D eigenvalue weighted by Gasteiger charge is -1.66. The molecular formula is C5H6P. The van der Waals surface area contributed by atoms with Crippen LogP contribution in [0.15, 0.2) is 11.9 Å². The normalized spacial score (nSPS) is 10.2. The molecule has 0 bridgehead atoms. The van der Waals surface area contributed by atoms with Gasteiger partial charge in [-0.2, -0.15) is 0 Å². The number of hydrogen-bond acceptors (Lipinski definition) is 0. The average molecular weight is 97.1 g/mol. The number of rotatable bonds is 0. The molecule has 1 rings (SSSR count). The van der Waals surface area contributed by atoms with Gasteiger partial charge in [-0.1, -0.05) is 6.07 Å². The van der Waals surface area contributed by atoms with Crippen LogP contribution in [0.2, 0.25) is 0 Å². The molecule has 0 amide bonds. The molecule has 1 aromatic rings. The van der Waals surface area contributed by atoms with Gasteiger partial charge < -0.3 is 0 Å². The Kier molecular flexibility index (Phi) is 0.979. The third-order valence-electron chi connectivity index (χ3n) is 0.683. The summed E-state index contributed by atoms with van der Waals surface area (Å²) in [5.74, 6) is 2.13. The van der Waals surface area contributed by atoms with Gasteiger partial charge in [0.2, 0.25) is 0 Å². The average Bonchev–Trinajstić information content (AvgIpc) is 1.86. The summed E-state index contributed by atoms with van der Waals surface area (Å²) in [4.78, 5) is 0. The summed E-state index contributed by atoms with van der Waals surface area (Å²) < 4.78 is 0. The van der Waals surface area contributed by atoms with Gasteiger partial charge in [-0.3, -0.25) is 0 Å². The number of aryl methyl sites for hydroxylation is 1. The fourth-order valence-electron chi connectivity index (χ4n) is 0.375. The maximum Gasteiger partial charge on any atom is -0.0109 e. The molecule has 1 heterocycles. The maximum atomic E-state index is 3.07. The quantitative estimate of drug-likeness (QED) is 0.463. The predicted octanol–water partition coefficient (Wildman–Crippen LogP) is 1.83. The van der Waals surface area contributed by atoms with Crippen LogP contribution in [0.25, 0.3) is 0 Å². The molecule has 0 nitrogen and oxygen atoms in total. The van der Waals surface area contributed by atoms with Crippen molar-refractivity contribution in [3.8, 4) is 0 Å². The monoisotopic (exact) mass is 97.0 g/mol. The molecule has 1 heteroatoms. The molecule has 0 aliphatic rings. The Morgan fingerprint density at radius 2 is 2.67 bits per heavy atom. The van der Waals surface area contributed by atoms with Crippen LogP contribution in [-0.2, 0) is 0 Å². The van der Waals surface area contributed by atoms with E-state index in [2.05, 4.69) is 18.8 Å². The van der Waals surface area contributed by atoms with Gasteiger partial charge >= 0.3 is 0 Å². The first-order valence-corrected chi connectivity index (χ1v) is 2.99. The molecule has 0 saturated heterocycles. The second-order valence-corrected chi connectivity index (χ2v) is 2.62. The summed E-state index contributed by atoms with van der Waals surface area (Å²) in [5, 5.41) is 1.37. The lowest BCUT2D eigenvalue weighted by molar-refractivity contribution is 1.63. The molecule has 0 fully saturated rings. The van der Waals surface area contributed by atoms with Crippen LogP contribution in [0.3, 0.4) is 0 Å². The van der Waals surface area contributed by atoms with E-state index in [9.17, 15) is 0 Å². The summed E-state index contributed by atoms with van der Waals surface area (Å²) in [6.07, 6.45) is 0. The molecule has 31 valence electrons. The minimum atomic E-state index is 0.907. The summed E-state index contributed by atoms with van der Waals surface area (Å²) >= 11 is 0. The van der Waals surface area contributed by atoms with Gasteiger partial charge in [-0.05, 0) is 24.1 Å². The van der Waals surface area contributed by atoms with E-state index >= 15 is 0 Å². The molecule has 1 unspecified atom stereocenters.